The van der Waals surface area contributed by atoms with Gasteiger partial charge in [0.15, 0.2) is 6.61 Å². The fraction of sp³-hybridized carbons (Fsp3) is 0.222. The molecule has 42 heavy (non-hydrogen) atoms. The Labute approximate surface area is 239 Å². The lowest BCUT2D eigenvalue weighted by Gasteiger charge is -2.12. The summed E-state index contributed by atoms with van der Waals surface area (Å²) in [4.78, 5) is 61.9. The topological polar surface area (TPSA) is 172 Å². The summed E-state index contributed by atoms with van der Waals surface area (Å²) in [5.74, 6) is -1.91. The lowest BCUT2D eigenvalue weighted by Crippen LogP contribution is -2.38. The lowest BCUT2D eigenvalue weighted by atomic mass is 10.1. The lowest BCUT2D eigenvalue weighted by molar-refractivity contribution is -0.119. The fourth-order valence-electron chi connectivity index (χ4n) is 4.11. The number of sulfonamides is 1. The van der Waals surface area contributed by atoms with Crippen molar-refractivity contribution >= 4 is 33.4 Å². The first-order valence-electron chi connectivity index (χ1n) is 12.4. The summed E-state index contributed by atoms with van der Waals surface area (Å²) in [6.45, 7) is 2.36. The van der Waals surface area contributed by atoms with E-state index in [2.05, 4.69) is 10.0 Å². The Kier molecular flexibility index (Phi) is 8.06. The average molecular weight is 597 g/mol. The summed E-state index contributed by atoms with van der Waals surface area (Å²) >= 11 is 0. The van der Waals surface area contributed by atoms with E-state index in [4.69, 9.17) is 4.74 Å². The predicted octanol–water partition coefficient (Wildman–Crippen LogP) is 0.787. The monoisotopic (exact) mass is 596 g/mol. The minimum atomic E-state index is -4.33. The molecule has 0 atom stereocenters. The molecule has 14 nitrogen and oxygen atoms in total. The zero-order valence-corrected chi connectivity index (χ0v) is 24.2. The van der Waals surface area contributed by atoms with Gasteiger partial charge in [0.1, 0.15) is 11.5 Å². The highest BCUT2D eigenvalue weighted by Gasteiger charge is 2.24. The summed E-state index contributed by atoms with van der Waals surface area (Å²) in [5, 5.41) is 2.33. The Morgan fingerprint density at radius 2 is 1.57 bits per heavy atom. The summed E-state index contributed by atoms with van der Waals surface area (Å²) in [6.07, 6.45) is 0. The molecular weight excluding hydrogens is 568 g/mol. The molecule has 4 aromatic rings. The van der Waals surface area contributed by atoms with Crippen LogP contribution in [0.4, 0.5) is 11.5 Å². The van der Waals surface area contributed by atoms with Crippen LogP contribution in [0.1, 0.15) is 21.6 Å². The van der Waals surface area contributed by atoms with Crippen LogP contribution in [0, 0.1) is 13.8 Å². The van der Waals surface area contributed by atoms with Crippen LogP contribution in [-0.2, 0) is 40.7 Å². The maximum absolute atomic E-state index is 13.3. The van der Waals surface area contributed by atoms with Crippen molar-refractivity contribution in [2.24, 2.45) is 21.1 Å². The van der Waals surface area contributed by atoms with Crippen LogP contribution in [0.3, 0.4) is 0 Å². The molecule has 0 bridgehead atoms. The first-order valence-corrected chi connectivity index (χ1v) is 13.9. The standard InChI is InChI=1S/C27H28N6O8S/c1-16-11-12-19(42(39,40)29-24-17(2)32(5)33(25(24)36)18-9-7-6-8-10-18)13-20(16)26(37)41-15-22(34)28-21-14-23(35)31(4)27(38)30(21)3/h6-14,29H,15H2,1-5H3,(H,28,34). The van der Waals surface area contributed by atoms with Gasteiger partial charge in [-0.25, -0.2) is 22.7 Å². The second-order valence-electron chi connectivity index (χ2n) is 9.41. The van der Waals surface area contributed by atoms with E-state index in [1.54, 1.807) is 51.2 Å². The number of benzene rings is 2. The van der Waals surface area contributed by atoms with E-state index in [9.17, 15) is 32.4 Å². The molecule has 0 spiro atoms. The number of esters is 1. The van der Waals surface area contributed by atoms with Gasteiger partial charge in [0.05, 0.1) is 21.8 Å². The van der Waals surface area contributed by atoms with Gasteiger partial charge in [-0.2, -0.15) is 0 Å². The van der Waals surface area contributed by atoms with E-state index in [0.29, 0.717) is 16.9 Å². The number of nitrogens with zero attached hydrogens (tertiary/aromatic N) is 4. The summed E-state index contributed by atoms with van der Waals surface area (Å²) < 4.78 is 38.7. The Morgan fingerprint density at radius 3 is 2.24 bits per heavy atom. The Bertz CT molecular complexity index is 2000. The van der Waals surface area contributed by atoms with Crippen LogP contribution in [0.2, 0.25) is 0 Å². The van der Waals surface area contributed by atoms with Crippen molar-refractivity contribution in [2.75, 3.05) is 16.6 Å². The minimum Gasteiger partial charge on any atom is -0.452 e. The van der Waals surface area contributed by atoms with E-state index in [0.717, 1.165) is 21.3 Å². The third-order valence-corrected chi connectivity index (χ3v) is 8.01. The molecule has 0 unspecified atom stereocenters. The van der Waals surface area contributed by atoms with Gasteiger partial charge in [-0.15, -0.1) is 0 Å². The van der Waals surface area contributed by atoms with Gasteiger partial charge in [0, 0.05) is 27.2 Å². The van der Waals surface area contributed by atoms with E-state index in [-0.39, 0.29) is 22.0 Å². The van der Waals surface area contributed by atoms with Gasteiger partial charge < -0.3 is 10.1 Å². The third kappa shape index (κ3) is 5.67. The van der Waals surface area contributed by atoms with Gasteiger partial charge in [-0.05, 0) is 43.7 Å². The molecule has 0 fully saturated rings. The molecule has 2 aromatic heterocycles. The number of amides is 1. The molecule has 4 rings (SSSR count). The number of hydrogen-bond donors (Lipinski definition) is 2. The molecular formula is C27H28N6O8S. The molecule has 0 radical (unpaired) electrons. The van der Waals surface area contributed by atoms with Gasteiger partial charge >= 0.3 is 11.7 Å². The number of carbonyl (C=O) groups is 2. The fourth-order valence-corrected chi connectivity index (χ4v) is 5.25. The number of carbonyl (C=O) groups excluding carboxylic acids is 2. The van der Waals surface area contributed by atoms with Crippen LogP contribution in [0.25, 0.3) is 5.69 Å². The average Bonchev–Trinajstić information content (AvgIpc) is 3.16. The largest absolute Gasteiger partial charge is 0.452 e. The van der Waals surface area contributed by atoms with Crippen molar-refractivity contribution in [2.45, 2.75) is 18.7 Å². The summed E-state index contributed by atoms with van der Waals surface area (Å²) in [5.41, 5.74) is -0.907. The smallest absolute Gasteiger partial charge is 0.338 e. The first-order chi connectivity index (χ1) is 19.7. The number of ether oxygens (including phenoxy) is 1. The van der Waals surface area contributed by atoms with Crippen LogP contribution in [0.15, 0.2) is 73.9 Å². The highest BCUT2D eigenvalue weighted by atomic mass is 32.2. The summed E-state index contributed by atoms with van der Waals surface area (Å²) in [7, 11) is -0.0818. The quantitative estimate of drug-likeness (QED) is 0.281. The molecule has 2 N–H and O–H groups in total. The Morgan fingerprint density at radius 1 is 0.905 bits per heavy atom. The van der Waals surface area contributed by atoms with Gasteiger partial charge in [0.2, 0.25) is 0 Å². The van der Waals surface area contributed by atoms with Crippen LogP contribution >= 0.6 is 0 Å². The van der Waals surface area contributed by atoms with E-state index in [1.165, 1.54) is 35.6 Å². The Hall–Kier alpha value is -5.18. The van der Waals surface area contributed by atoms with Crippen LogP contribution in [-0.4, -0.2) is 45.4 Å². The molecule has 2 aromatic carbocycles. The maximum Gasteiger partial charge on any atom is 0.338 e. The highest BCUT2D eigenvalue weighted by molar-refractivity contribution is 7.92. The summed E-state index contributed by atoms with van der Waals surface area (Å²) in [6, 6.07) is 13.5. The normalized spacial score (nSPS) is 11.3. The zero-order chi connectivity index (χ0) is 30.9. The molecule has 15 heteroatoms. The van der Waals surface area contributed by atoms with E-state index < -0.39 is 45.3 Å². The second-order valence-corrected chi connectivity index (χ2v) is 11.1. The van der Waals surface area contributed by atoms with Gasteiger partial charge in [0.25, 0.3) is 27.0 Å². The number of para-hydroxylation sites is 1. The molecule has 220 valence electrons. The first kappa shape index (κ1) is 29.8. The molecule has 1 amide bonds. The minimum absolute atomic E-state index is 0.0953. The van der Waals surface area contributed by atoms with E-state index in [1.807, 2.05) is 0 Å². The van der Waals surface area contributed by atoms with E-state index >= 15 is 0 Å². The molecule has 0 aliphatic heterocycles. The number of rotatable bonds is 8. The molecule has 0 aliphatic rings. The number of hydrogen-bond acceptors (Lipinski definition) is 8. The highest BCUT2D eigenvalue weighted by Crippen LogP contribution is 2.21. The van der Waals surface area contributed by atoms with Crippen molar-refractivity contribution in [3.63, 3.8) is 0 Å². The number of nitrogens with one attached hydrogen (secondary N) is 2. The SMILES string of the molecule is Cc1ccc(S(=O)(=O)Nc2c(C)n(C)n(-c3ccccc3)c2=O)cc1C(=O)OCC(=O)Nc1cc(=O)n(C)c(=O)n1C. The molecule has 0 saturated heterocycles. The number of anilines is 2. The van der Waals surface area contributed by atoms with Gasteiger partial charge in [-0.3, -0.25) is 32.9 Å². The molecule has 0 saturated carbocycles. The molecule has 2 heterocycles. The Balaban J connectivity index is 1.53. The van der Waals surface area contributed by atoms with Crippen LogP contribution in [0.5, 0.6) is 0 Å². The van der Waals surface area contributed by atoms with Crippen molar-refractivity contribution in [3.05, 3.63) is 103 Å². The van der Waals surface area contributed by atoms with Crippen LogP contribution < -0.4 is 26.8 Å². The maximum atomic E-state index is 13.3. The zero-order valence-electron chi connectivity index (χ0n) is 23.4. The van der Waals surface area contributed by atoms with Gasteiger partial charge in [-0.1, -0.05) is 24.3 Å². The number of aryl methyl sites for hydroxylation is 1. The number of aromatic nitrogens is 4. The second kappa shape index (κ2) is 11.4. The predicted molar refractivity (Wildman–Crippen MR) is 154 cm³/mol. The van der Waals surface area contributed by atoms with Crippen molar-refractivity contribution in [3.8, 4) is 5.69 Å². The third-order valence-electron chi connectivity index (χ3n) is 6.66. The van der Waals surface area contributed by atoms with Crippen molar-refractivity contribution in [1.29, 1.82) is 0 Å². The van der Waals surface area contributed by atoms with Crippen molar-refractivity contribution < 1.29 is 22.7 Å². The molecule has 0 aliphatic carbocycles. The van der Waals surface area contributed by atoms with Crippen molar-refractivity contribution in [1.82, 2.24) is 18.5 Å².